The zero-order valence-electron chi connectivity index (χ0n) is 33.2. The van der Waals surface area contributed by atoms with Crippen molar-refractivity contribution in [1.29, 1.82) is 0 Å². The molecule has 0 saturated carbocycles. The minimum Gasteiger partial charge on any atom is -0.385 e. The third-order valence-corrected chi connectivity index (χ3v) is 11.8. The van der Waals surface area contributed by atoms with E-state index in [1.165, 1.54) is 6.07 Å². The minimum absolute atomic E-state index is 0.00427. The van der Waals surface area contributed by atoms with Gasteiger partial charge in [0.2, 0.25) is 33.7 Å². The molecular weight excluding hydrogens is 777 g/mol. The molecule has 2 fully saturated rings. The van der Waals surface area contributed by atoms with Crippen molar-refractivity contribution in [2.24, 2.45) is 0 Å². The number of hydrogen-bond acceptors (Lipinski definition) is 13. The number of piperazine rings is 1. The molecule has 2 saturated heterocycles. The Labute approximate surface area is 342 Å². The van der Waals surface area contributed by atoms with Crippen LogP contribution in [0.25, 0.3) is 0 Å². The van der Waals surface area contributed by atoms with Crippen LogP contribution in [0.2, 0.25) is 0 Å². The van der Waals surface area contributed by atoms with Gasteiger partial charge in [-0.2, -0.15) is 4.98 Å². The summed E-state index contributed by atoms with van der Waals surface area (Å²) in [6.07, 6.45) is 2.05. The van der Waals surface area contributed by atoms with Crippen molar-refractivity contribution >= 4 is 74.1 Å². The van der Waals surface area contributed by atoms with Crippen molar-refractivity contribution in [1.82, 2.24) is 29.8 Å². The van der Waals surface area contributed by atoms with Gasteiger partial charge in [-0.15, -0.1) is 0 Å². The van der Waals surface area contributed by atoms with Crippen LogP contribution < -0.4 is 30.9 Å². The van der Waals surface area contributed by atoms with Crippen molar-refractivity contribution < 1.29 is 32.4 Å². The second-order valence-corrected chi connectivity index (χ2v) is 17.3. The number of hydrogen-bond donors (Lipinski definition) is 5. The summed E-state index contributed by atoms with van der Waals surface area (Å²) >= 11 is 0. The maximum atomic E-state index is 13.1. The second-order valence-electron chi connectivity index (χ2n) is 15.7. The maximum absolute atomic E-state index is 13.1. The van der Waals surface area contributed by atoms with Gasteiger partial charge in [0.25, 0.3) is 11.8 Å². The monoisotopic (exact) mass is 822 g/mol. The molecule has 0 radical (unpaired) electrons. The first-order valence-electron chi connectivity index (χ1n) is 19.3. The summed E-state index contributed by atoms with van der Waals surface area (Å²) in [5.41, 5.74) is 3.43. The average molecular weight is 823 g/mol. The van der Waals surface area contributed by atoms with E-state index in [9.17, 15) is 32.4 Å². The van der Waals surface area contributed by atoms with Gasteiger partial charge in [0, 0.05) is 85.6 Å². The summed E-state index contributed by atoms with van der Waals surface area (Å²) < 4.78 is 28.4. The number of nitrogens with one attached hydrogen (secondary N) is 5. The first-order chi connectivity index (χ1) is 28.0. The van der Waals surface area contributed by atoms with Gasteiger partial charge in [-0.25, -0.2) is 18.1 Å². The first-order valence-corrected chi connectivity index (χ1v) is 20.8. The van der Waals surface area contributed by atoms with Crippen molar-refractivity contribution in [2.75, 3.05) is 53.6 Å². The van der Waals surface area contributed by atoms with E-state index in [-0.39, 0.29) is 41.2 Å². The van der Waals surface area contributed by atoms with E-state index in [2.05, 4.69) is 40.9 Å². The van der Waals surface area contributed by atoms with Crippen LogP contribution in [0.5, 0.6) is 0 Å². The summed E-state index contributed by atoms with van der Waals surface area (Å²) in [4.78, 5) is 77.3. The van der Waals surface area contributed by atoms with Gasteiger partial charge in [-0.3, -0.25) is 34.2 Å². The molecular formula is C41H46N10O7S. The van der Waals surface area contributed by atoms with Gasteiger partial charge < -0.3 is 25.8 Å². The molecule has 4 heterocycles. The zero-order valence-corrected chi connectivity index (χ0v) is 34.0. The largest absolute Gasteiger partial charge is 0.385 e. The smallest absolute Gasteiger partial charge is 0.262 e. The van der Waals surface area contributed by atoms with Crippen molar-refractivity contribution in [3.05, 3.63) is 89.6 Å². The average Bonchev–Trinajstić information content (AvgIpc) is 3.43. The summed E-state index contributed by atoms with van der Waals surface area (Å²) in [5.74, 6) is -1.36. The third kappa shape index (κ3) is 9.34. The normalized spacial score (nSPS) is 17.2. The topological polar surface area (TPSA) is 215 Å². The first kappa shape index (κ1) is 40.8. The quantitative estimate of drug-likeness (QED) is 0.128. The van der Waals surface area contributed by atoms with E-state index in [0.717, 1.165) is 21.8 Å². The molecule has 3 aliphatic rings. The Balaban J connectivity index is 0.878. The van der Waals surface area contributed by atoms with Gasteiger partial charge in [-0.1, -0.05) is 6.07 Å². The fourth-order valence-corrected chi connectivity index (χ4v) is 8.58. The Bertz CT molecular complexity index is 2430. The van der Waals surface area contributed by atoms with Crippen LogP contribution in [0, 0.1) is 6.92 Å². The number of sulfonamides is 1. The van der Waals surface area contributed by atoms with Crippen molar-refractivity contribution in [3.63, 3.8) is 0 Å². The molecule has 5 N–H and O–H groups in total. The van der Waals surface area contributed by atoms with Crippen LogP contribution in [-0.2, 0) is 24.4 Å². The number of benzene rings is 3. The van der Waals surface area contributed by atoms with E-state index >= 15 is 0 Å². The number of anilines is 6. The molecule has 18 heteroatoms. The van der Waals surface area contributed by atoms with Crippen LogP contribution in [0.1, 0.15) is 66.3 Å². The molecule has 3 aromatic carbocycles. The van der Waals surface area contributed by atoms with Gasteiger partial charge in [-0.05, 0) is 94.8 Å². The Hall–Kier alpha value is -6.40. The summed E-state index contributed by atoms with van der Waals surface area (Å²) in [7, 11) is -3.72. The highest BCUT2D eigenvalue weighted by molar-refractivity contribution is 7.89. The lowest BCUT2D eigenvalue weighted by molar-refractivity contribution is -0.136. The van der Waals surface area contributed by atoms with Gasteiger partial charge in [0.1, 0.15) is 11.9 Å². The van der Waals surface area contributed by atoms with E-state index in [1.807, 2.05) is 36.1 Å². The number of aryl methyl sites for hydroxylation is 1. The number of rotatable bonds is 12. The van der Waals surface area contributed by atoms with Gasteiger partial charge in [0.15, 0.2) is 0 Å². The molecule has 0 aliphatic carbocycles. The fraction of sp³-hybridized carbons (Fsp3) is 0.341. The third-order valence-electron chi connectivity index (χ3n) is 10.0. The van der Waals surface area contributed by atoms with Crippen LogP contribution in [0.15, 0.2) is 77.8 Å². The van der Waals surface area contributed by atoms with Gasteiger partial charge >= 0.3 is 0 Å². The second kappa shape index (κ2) is 16.5. The molecule has 0 bridgehead atoms. The Morgan fingerprint density at radius 1 is 0.864 bits per heavy atom. The summed E-state index contributed by atoms with van der Waals surface area (Å²) in [5, 5.41) is 11.8. The lowest BCUT2D eigenvalue weighted by atomic mass is 10.0. The van der Waals surface area contributed by atoms with E-state index in [0.29, 0.717) is 55.9 Å². The summed E-state index contributed by atoms with van der Waals surface area (Å²) in [6.45, 7) is 9.96. The molecule has 1 atom stereocenters. The Morgan fingerprint density at radius 2 is 1.58 bits per heavy atom. The highest BCUT2D eigenvalue weighted by Gasteiger charge is 2.44. The molecule has 17 nitrogen and oxygen atoms in total. The van der Waals surface area contributed by atoms with Gasteiger partial charge in [0.05, 0.1) is 16.0 Å². The number of carbonyl (C=O) groups excluding carboxylic acids is 5. The van der Waals surface area contributed by atoms with E-state index < -0.39 is 45.2 Å². The van der Waals surface area contributed by atoms with Crippen LogP contribution >= 0.6 is 0 Å². The number of aromatic nitrogens is 2. The summed E-state index contributed by atoms with van der Waals surface area (Å²) in [6, 6.07) is 18.1. The van der Waals surface area contributed by atoms with Crippen molar-refractivity contribution in [3.8, 4) is 0 Å². The number of fused-ring (bicyclic) bond motifs is 1. The van der Waals surface area contributed by atoms with Crippen LogP contribution in [0.4, 0.5) is 34.5 Å². The predicted octanol–water partition coefficient (Wildman–Crippen LogP) is 3.90. The SMILES string of the molecule is Cc1cnc(Nc2ccc(N3CCN(C(=O)CCNc4ccc5c(c4)C(=O)N(C4CCC(=O)NC4=O)C5=O)CC3)cc2)nc1Nc1cccc(S(=O)(=O)NC(C)(C)C)c1. The number of carbonyl (C=O) groups is 5. The molecule has 308 valence electrons. The Kier molecular flexibility index (Phi) is 11.4. The molecule has 5 amide bonds. The van der Waals surface area contributed by atoms with E-state index in [4.69, 9.17) is 0 Å². The molecule has 7 rings (SSSR count). The van der Waals surface area contributed by atoms with Crippen LogP contribution in [-0.4, -0.2) is 102 Å². The number of imide groups is 2. The zero-order chi connectivity index (χ0) is 42.1. The standard InChI is InChI=1S/C41H46N10O7S/c1-25-24-43-40(47-36(25)44-28-6-5-7-30(22-28)59(57,58)48-41(2,3)4)45-26-8-11-29(12-9-26)49-18-20-50(21-19-49)35(53)16-17-42-27-10-13-31-32(23-27)39(56)51(38(31)55)33-14-15-34(52)46-37(33)54/h5-13,22-24,33,42,48H,14-21H2,1-4H3,(H,46,52,54)(H2,43,44,45,47). The highest BCUT2D eigenvalue weighted by atomic mass is 32.2. The minimum atomic E-state index is -3.72. The maximum Gasteiger partial charge on any atom is 0.262 e. The fourth-order valence-electron chi connectivity index (χ4n) is 7.12. The van der Waals surface area contributed by atoms with Crippen molar-refractivity contribution in [2.45, 2.75) is 63.4 Å². The predicted molar refractivity (Wildman–Crippen MR) is 221 cm³/mol. The molecule has 1 aromatic heterocycles. The number of amides is 5. The van der Waals surface area contributed by atoms with E-state index in [1.54, 1.807) is 63.4 Å². The lowest BCUT2D eigenvalue weighted by Crippen LogP contribution is -2.54. The number of piperidine rings is 1. The van der Waals surface area contributed by atoms with Crippen LogP contribution in [0.3, 0.4) is 0 Å². The lowest BCUT2D eigenvalue weighted by Gasteiger charge is -2.36. The molecule has 3 aliphatic heterocycles. The Morgan fingerprint density at radius 3 is 2.29 bits per heavy atom. The number of nitrogens with zero attached hydrogens (tertiary/aromatic N) is 5. The highest BCUT2D eigenvalue weighted by Crippen LogP contribution is 2.30. The molecule has 1 unspecified atom stereocenters. The molecule has 4 aromatic rings. The molecule has 59 heavy (non-hydrogen) atoms. The molecule has 0 spiro atoms.